The van der Waals surface area contributed by atoms with E-state index in [9.17, 15) is 9.18 Å². The van der Waals surface area contributed by atoms with Crippen molar-refractivity contribution in [3.05, 3.63) is 35.6 Å². The summed E-state index contributed by atoms with van der Waals surface area (Å²) in [5, 5.41) is 0. The summed E-state index contributed by atoms with van der Waals surface area (Å²) in [6, 6.07) is 6.88. The summed E-state index contributed by atoms with van der Waals surface area (Å²) in [5.74, 6) is -0.224. The fourth-order valence-corrected chi connectivity index (χ4v) is 2.79. The van der Waals surface area contributed by atoms with Crippen LogP contribution in [0.2, 0.25) is 0 Å². The van der Waals surface area contributed by atoms with E-state index >= 15 is 0 Å². The molecule has 0 unspecified atom stereocenters. The van der Waals surface area contributed by atoms with E-state index in [4.69, 9.17) is 5.73 Å². The molecule has 1 fully saturated rings. The molecule has 1 saturated carbocycles. The molecule has 1 aromatic carbocycles. The predicted molar refractivity (Wildman–Crippen MR) is 73.1 cm³/mol. The fourth-order valence-electron chi connectivity index (χ4n) is 2.79. The van der Waals surface area contributed by atoms with Crippen LogP contribution in [0.3, 0.4) is 0 Å². The molecule has 2 rings (SSSR count). The monoisotopic (exact) mass is 264 g/mol. The van der Waals surface area contributed by atoms with Crippen LogP contribution in [0.5, 0.6) is 0 Å². The molecule has 0 aliphatic heterocycles. The first-order valence-electron chi connectivity index (χ1n) is 6.94. The van der Waals surface area contributed by atoms with Crippen molar-refractivity contribution in [1.29, 1.82) is 0 Å². The Balaban J connectivity index is 1.97. The summed E-state index contributed by atoms with van der Waals surface area (Å²) in [7, 11) is 0. The van der Waals surface area contributed by atoms with Crippen molar-refractivity contribution in [3.8, 4) is 0 Å². The van der Waals surface area contributed by atoms with E-state index in [1.165, 1.54) is 25.0 Å². The lowest BCUT2D eigenvalue weighted by Crippen LogP contribution is -2.43. The maximum Gasteiger partial charge on any atom is 0.236 e. The van der Waals surface area contributed by atoms with Crippen molar-refractivity contribution in [2.24, 2.45) is 5.73 Å². The zero-order chi connectivity index (χ0) is 13.7. The van der Waals surface area contributed by atoms with Crippen LogP contribution >= 0.6 is 0 Å². The Hall–Kier alpha value is -1.42. The number of rotatable bonds is 5. The molecule has 1 aromatic rings. The molecule has 0 radical (unpaired) electrons. The summed E-state index contributed by atoms with van der Waals surface area (Å²) in [6.07, 6.45) is 5.17. The van der Waals surface area contributed by atoms with Crippen LogP contribution in [0.1, 0.15) is 31.2 Å². The summed E-state index contributed by atoms with van der Waals surface area (Å²) in [6.45, 7) is 0.684. The molecule has 2 N–H and O–H groups in total. The molecule has 1 amide bonds. The average Bonchev–Trinajstić information content (AvgIpc) is 2.92. The largest absolute Gasteiger partial charge is 0.338 e. The second-order valence-corrected chi connectivity index (χ2v) is 5.11. The Labute approximate surface area is 113 Å². The number of benzene rings is 1. The number of carbonyl (C=O) groups excluding carboxylic acids is 1. The Morgan fingerprint density at radius 3 is 2.74 bits per heavy atom. The van der Waals surface area contributed by atoms with Crippen molar-refractivity contribution >= 4 is 5.91 Å². The minimum atomic E-state index is -0.227. The number of carbonyl (C=O) groups is 1. The van der Waals surface area contributed by atoms with Gasteiger partial charge in [-0.05, 0) is 37.0 Å². The van der Waals surface area contributed by atoms with Crippen molar-refractivity contribution in [2.75, 3.05) is 13.1 Å². The van der Waals surface area contributed by atoms with Crippen LogP contribution in [0.15, 0.2) is 24.3 Å². The smallest absolute Gasteiger partial charge is 0.236 e. The molecule has 0 bridgehead atoms. The Morgan fingerprint density at radius 2 is 2.11 bits per heavy atom. The SMILES string of the molecule is NCC(=O)N(CCc1cccc(F)c1)C1CCCC1. The number of nitrogens with zero attached hydrogens (tertiary/aromatic N) is 1. The Bertz CT molecular complexity index is 430. The molecule has 0 atom stereocenters. The third kappa shape index (κ3) is 3.77. The number of nitrogens with two attached hydrogens (primary N) is 1. The molecule has 0 spiro atoms. The van der Waals surface area contributed by atoms with Crippen molar-refractivity contribution in [1.82, 2.24) is 4.90 Å². The Morgan fingerprint density at radius 1 is 1.37 bits per heavy atom. The lowest BCUT2D eigenvalue weighted by molar-refractivity contribution is -0.131. The van der Waals surface area contributed by atoms with Crippen molar-refractivity contribution < 1.29 is 9.18 Å². The number of amides is 1. The lowest BCUT2D eigenvalue weighted by atomic mass is 10.1. The van der Waals surface area contributed by atoms with Gasteiger partial charge in [0.2, 0.25) is 5.91 Å². The molecule has 104 valence electrons. The van der Waals surface area contributed by atoms with Gasteiger partial charge in [0, 0.05) is 12.6 Å². The van der Waals surface area contributed by atoms with Crippen LogP contribution in [0.25, 0.3) is 0 Å². The van der Waals surface area contributed by atoms with E-state index in [0.29, 0.717) is 19.0 Å². The van der Waals surface area contributed by atoms with Crippen LogP contribution in [0.4, 0.5) is 4.39 Å². The second kappa shape index (κ2) is 6.66. The molecule has 19 heavy (non-hydrogen) atoms. The van der Waals surface area contributed by atoms with Gasteiger partial charge < -0.3 is 10.6 Å². The minimum Gasteiger partial charge on any atom is -0.338 e. The maximum absolute atomic E-state index is 13.1. The maximum atomic E-state index is 13.1. The molecular weight excluding hydrogens is 243 g/mol. The first kappa shape index (κ1) is 14.0. The average molecular weight is 264 g/mol. The van der Waals surface area contributed by atoms with Crippen LogP contribution in [0, 0.1) is 5.82 Å². The van der Waals surface area contributed by atoms with Gasteiger partial charge in [-0.3, -0.25) is 4.79 Å². The first-order valence-corrected chi connectivity index (χ1v) is 6.94. The number of hydrogen-bond donors (Lipinski definition) is 1. The van der Waals surface area contributed by atoms with Crippen molar-refractivity contribution in [3.63, 3.8) is 0 Å². The van der Waals surface area contributed by atoms with Gasteiger partial charge in [0.05, 0.1) is 6.54 Å². The van der Waals surface area contributed by atoms with E-state index in [1.807, 2.05) is 11.0 Å². The lowest BCUT2D eigenvalue weighted by Gasteiger charge is -2.28. The van der Waals surface area contributed by atoms with E-state index < -0.39 is 0 Å². The van der Waals surface area contributed by atoms with E-state index in [0.717, 1.165) is 18.4 Å². The number of hydrogen-bond acceptors (Lipinski definition) is 2. The highest BCUT2D eigenvalue weighted by atomic mass is 19.1. The predicted octanol–water partition coefficient (Wildman–Crippen LogP) is 2.10. The first-order chi connectivity index (χ1) is 9.20. The highest BCUT2D eigenvalue weighted by Gasteiger charge is 2.25. The Kier molecular flexibility index (Phi) is 4.91. The molecule has 1 aliphatic carbocycles. The molecular formula is C15H21FN2O. The minimum absolute atomic E-state index is 0.00306. The van der Waals surface area contributed by atoms with E-state index in [1.54, 1.807) is 6.07 Å². The molecule has 0 aromatic heterocycles. The molecule has 0 saturated heterocycles. The normalized spacial score (nSPS) is 15.7. The van der Waals surface area contributed by atoms with Gasteiger partial charge >= 0.3 is 0 Å². The molecule has 3 nitrogen and oxygen atoms in total. The van der Waals surface area contributed by atoms with Gasteiger partial charge in [0.25, 0.3) is 0 Å². The zero-order valence-electron chi connectivity index (χ0n) is 11.1. The fraction of sp³-hybridized carbons (Fsp3) is 0.533. The van der Waals surface area contributed by atoms with Crippen molar-refractivity contribution in [2.45, 2.75) is 38.1 Å². The molecule has 0 heterocycles. The quantitative estimate of drug-likeness (QED) is 0.885. The number of halogens is 1. The zero-order valence-corrected chi connectivity index (χ0v) is 11.1. The highest BCUT2D eigenvalue weighted by molar-refractivity contribution is 5.78. The van der Waals surface area contributed by atoms with Gasteiger partial charge in [-0.15, -0.1) is 0 Å². The van der Waals surface area contributed by atoms with Crippen LogP contribution in [-0.2, 0) is 11.2 Å². The van der Waals surface area contributed by atoms with E-state index in [-0.39, 0.29) is 18.3 Å². The third-order valence-electron chi connectivity index (χ3n) is 3.79. The van der Waals surface area contributed by atoms with Crippen LogP contribution < -0.4 is 5.73 Å². The third-order valence-corrected chi connectivity index (χ3v) is 3.79. The van der Waals surface area contributed by atoms with E-state index in [2.05, 4.69) is 0 Å². The summed E-state index contributed by atoms with van der Waals surface area (Å²) in [4.78, 5) is 13.8. The van der Waals surface area contributed by atoms with Gasteiger partial charge in [-0.25, -0.2) is 4.39 Å². The standard InChI is InChI=1S/C15H21FN2O/c16-13-5-3-4-12(10-13)8-9-18(15(19)11-17)14-6-1-2-7-14/h3-5,10,14H,1-2,6-9,11,17H2. The van der Waals surface area contributed by atoms with Gasteiger partial charge in [-0.1, -0.05) is 25.0 Å². The molecule has 1 aliphatic rings. The molecule has 4 heteroatoms. The van der Waals surface area contributed by atoms with Gasteiger partial charge in [0.1, 0.15) is 5.82 Å². The highest BCUT2D eigenvalue weighted by Crippen LogP contribution is 2.23. The summed E-state index contributed by atoms with van der Waals surface area (Å²) < 4.78 is 13.1. The summed E-state index contributed by atoms with van der Waals surface area (Å²) in [5.41, 5.74) is 6.41. The van der Waals surface area contributed by atoms with Gasteiger partial charge in [-0.2, -0.15) is 0 Å². The second-order valence-electron chi connectivity index (χ2n) is 5.11. The van der Waals surface area contributed by atoms with Gasteiger partial charge in [0.15, 0.2) is 0 Å². The summed E-state index contributed by atoms with van der Waals surface area (Å²) >= 11 is 0. The van der Waals surface area contributed by atoms with Crippen LogP contribution in [-0.4, -0.2) is 29.9 Å². The topological polar surface area (TPSA) is 46.3 Å².